The van der Waals surface area contributed by atoms with Gasteiger partial charge in [0.05, 0.1) is 0 Å². The van der Waals surface area contributed by atoms with Gasteiger partial charge in [-0.05, 0) is 32.6 Å². The van der Waals surface area contributed by atoms with E-state index in [0.717, 1.165) is 12.8 Å². The Morgan fingerprint density at radius 3 is 2.63 bits per heavy atom. The van der Waals surface area contributed by atoms with Gasteiger partial charge < -0.3 is 10.2 Å². The minimum Gasteiger partial charge on any atom is -0.342 e. The van der Waals surface area contributed by atoms with Gasteiger partial charge in [0.2, 0.25) is 11.8 Å². The summed E-state index contributed by atoms with van der Waals surface area (Å²) in [5.41, 5.74) is -0.761. The van der Waals surface area contributed by atoms with E-state index in [-0.39, 0.29) is 11.8 Å². The van der Waals surface area contributed by atoms with Gasteiger partial charge in [-0.1, -0.05) is 26.2 Å². The van der Waals surface area contributed by atoms with E-state index in [1.54, 1.807) is 0 Å². The molecule has 2 atom stereocenters. The molecule has 0 radical (unpaired) electrons. The van der Waals surface area contributed by atoms with E-state index in [0.29, 0.717) is 24.9 Å². The van der Waals surface area contributed by atoms with E-state index in [1.165, 1.54) is 19.3 Å². The van der Waals surface area contributed by atoms with Crippen molar-refractivity contribution >= 4 is 11.8 Å². The summed E-state index contributed by atoms with van der Waals surface area (Å²) in [6.45, 7) is 6.42. The Bertz CT molecular complexity index is 365. The molecule has 2 amide bonds. The molecule has 4 nitrogen and oxygen atoms in total. The molecule has 2 aliphatic rings. The zero-order valence-electron chi connectivity index (χ0n) is 12.4. The number of rotatable bonds is 2. The molecule has 0 aromatic rings. The molecular weight excluding hydrogens is 240 g/mol. The van der Waals surface area contributed by atoms with E-state index in [9.17, 15) is 9.59 Å². The van der Waals surface area contributed by atoms with Crippen LogP contribution in [0.4, 0.5) is 0 Å². The van der Waals surface area contributed by atoms with E-state index in [4.69, 9.17) is 0 Å². The number of amides is 2. The molecule has 1 aliphatic heterocycles. The topological polar surface area (TPSA) is 49.4 Å². The van der Waals surface area contributed by atoms with Crippen molar-refractivity contribution in [3.8, 4) is 0 Å². The smallest absolute Gasteiger partial charge is 0.248 e. The summed E-state index contributed by atoms with van der Waals surface area (Å²) in [6, 6.07) is 0.332. The lowest BCUT2D eigenvalue weighted by Gasteiger charge is -2.41. The second kappa shape index (κ2) is 5.51. The molecule has 0 aromatic carbocycles. The number of nitrogens with zero attached hydrogens (tertiary/aromatic N) is 1. The van der Waals surface area contributed by atoms with Crippen LogP contribution in [0.25, 0.3) is 0 Å². The predicted octanol–water partition coefficient (Wildman–Crippen LogP) is 2.08. The quantitative estimate of drug-likeness (QED) is 0.832. The fraction of sp³-hybridized carbons (Fsp3) is 0.867. The van der Waals surface area contributed by atoms with Gasteiger partial charge in [0.1, 0.15) is 5.54 Å². The lowest BCUT2D eigenvalue weighted by atomic mass is 9.81. The van der Waals surface area contributed by atoms with Crippen LogP contribution in [0, 0.1) is 5.92 Å². The van der Waals surface area contributed by atoms with Crippen molar-refractivity contribution in [2.24, 2.45) is 5.92 Å². The molecule has 1 N–H and O–H groups in total. The van der Waals surface area contributed by atoms with Crippen molar-refractivity contribution in [1.82, 2.24) is 10.2 Å². The summed E-state index contributed by atoms with van der Waals surface area (Å²) in [5, 5.41) is 2.84. The third-order valence-corrected chi connectivity index (χ3v) is 4.62. The van der Waals surface area contributed by atoms with E-state index in [1.807, 2.05) is 18.7 Å². The number of carbonyl (C=O) groups is 2. The summed E-state index contributed by atoms with van der Waals surface area (Å²) in [4.78, 5) is 26.4. The van der Waals surface area contributed by atoms with Crippen LogP contribution >= 0.6 is 0 Å². The molecule has 1 saturated carbocycles. The standard InChI is InChI=1S/C15H26N2O2/c1-4-11-7-5-6-8-12(11)17-10-9-13(18)16-15(2,3)14(17)19/h11-12H,4-10H2,1-3H3,(H,16,18). The highest BCUT2D eigenvalue weighted by Gasteiger charge is 2.41. The molecule has 1 aliphatic carbocycles. The first-order valence-electron chi connectivity index (χ1n) is 7.58. The molecule has 4 heteroatoms. The molecule has 0 bridgehead atoms. The third-order valence-electron chi connectivity index (χ3n) is 4.62. The lowest BCUT2D eigenvalue weighted by Crippen LogP contribution is -2.56. The number of hydrogen-bond acceptors (Lipinski definition) is 2. The highest BCUT2D eigenvalue weighted by molar-refractivity contribution is 5.93. The van der Waals surface area contributed by atoms with Gasteiger partial charge in [0, 0.05) is 19.0 Å². The van der Waals surface area contributed by atoms with Crippen molar-refractivity contribution in [3.63, 3.8) is 0 Å². The largest absolute Gasteiger partial charge is 0.342 e. The Labute approximate surface area is 115 Å². The number of nitrogens with one attached hydrogen (secondary N) is 1. The van der Waals surface area contributed by atoms with Crippen LogP contribution in [0.15, 0.2) is 0 Å². The minimum atomic E-state index is -0.761. The van der Waals surface area contributed by atoms with Gasteiger partial charge in [0.15, 0.2) is 0 Å². The predicted molar refractivity (Wildman–Crippen MR) is 74.6 cm³/mol. The Hall–Kier alpha value is -1.06. The Morgan fingerprint density at radius 2 is 1.95 bits per heavy atom. The first kappa shape index (κ1) is 14.4. The van der Waals surface area contributed by atoms with E-state index >= 15 is 0 Å². The Kier molecular flexibility index (Phi) is 4.16. The summed E-state index contributed by atoms with van der Waals surface area (Å²) in [5.74, 6) is 0.676. The molecule has 2 unspecified atom stereocenters. The van der Waals surface area contributed by atoms with Crippen LogP contribution in [0.5, 0.6) is 0 Å². The third kappa shape index (κ3) is 2.93. The molecule has 108 valence electrons. The van der Waals surface area contributed by atoms with Crippen LogP contribution in [0.1, 0.15) is 59.3 Å². The molecule has 0 aromatic heterocycles. The van der Waals surface area contributed by atoms with Crippen molar-refractivity contribution < 1.29 is 9.59 Å². The second-order valence-corrected chi connectivity index (χ2v) is 6.44. The van der Waals surface area contributed by atoms with Gasteiger partial charge >= 0.3 is 0 Å². The van der Waals surface area contributed by atoms with Crippen molar-refractivity contribution in [2.75, 3.05) is 6.54 Å². The molecular formula is C15H26N2O2. The van der Waals surface area contributed by atoms with Crippen LogP contribution in [0.3, 0.4) is 0 Å². The normalized spacial score (nSPS) is 31.8. The average molecular weight is 266 g/mol. The van der Waals surface area contributed by atoms with E-state index in [2.05, 4.69) is 12.2 Å². The maximum Gasteiger partial charge on any atom is 0.248 e. The first-order chi connectivity index (χ1) is 8.95. The monoisotopic (exact) mass is 266 g/mol. The molecule has 0 spiro atoms. The summed E-state index contributed by atoms with van der Waals surface area (Å²) >= 11 is 0. The van der Waals surface area contributed by atoms with Gasteiger partial charge in [-0.3, -0.25) is 9.59 Å². The highest BCUT2D eigenvalue weighted by Crippen LogP contribution is 2.32. The SMILES string of the molecule is CCC1CCCCC1N1CCC(=O)NC(C)(C)C1=O. The maximum absolute atomic E-state index is 12.7. The second-order valence-electron chi connectivity index (χ2n) is 6.44. The van der Waals surface area contributed by atoms with Crippen LogP contribution in [-0.2, 0) is 9.59 Å². The number of hydrogen-bond donors (Lipinski definition) is 1. The van der Waals surface area contributed by atoms with Crippen LogP contribution < -0.4 is 5.32 Å². The zero-order valence-corrected chi connectivity index (χ0v) is 12.4. The van der Waals surface area contributed by atoms with Gasteiger partial charge in [-0.15, -0.1) is 0 Å². The van der Waals surface area contributed by atoms with Crippen molar-refractivity contribution in [2.45, 2.75) is 70.9 Å². The molecule has 1 heterocycles. The number of carbonyl (C=O) groups excluding carboxylic acids is 2. The fourth-order valence-corrected chi connectivity index (χ4v) is 3.54. The van der Waals surface area contributed by atoms with Gasteiger partial charge in [-0.2, -0.15) is 0 Å². The Morgan fingerprint density at radius 1 is 1.26 bits per heavy atom. The fourth-order valence-electron chi connectivity index (χ4n) is 3.54. The zero-order chi connectivity index (χ0) is 14.0. The maximum atomic E-state index is 12.7. The highest BCUT2D eigenvalue weighted by atomic mass is 16.2. The van der Waals surface area contributed by atoms with Crippen molar-refractivity contribution in [3.05, 3.63) is 0 Å². The molecule has 2 rings (SSSR count). The van der Waals surface area contributed by atoms with E-state index < -0.39 is 5.54 Å². The minimum absolute atomic E-state index is 0.00953. The van der Waals surface area contributed by atoms with Gasteiger partial charge in [0.25, 0.3) is 0 Å². The van der Waals surface area contributed by atoms with Crippen LogP contribution in [0.2, 0.25) is 0 Å². The van der Waals surface area contributed by atoms with Gasteiger partial charge in [-0.25, -0.2) is 0 Å². The summed E-state index contributed by atoms with van der Waals surface area (Å²) in [7, 11) is 0. The van der Waals surface area contributed by atoms with Crippen LogP contribution in [-0.4, -0.2) is 34.8 Å². The lowest BCUT2D eigenvalue weighted by molar-refractivity contribution is -0.141. The molecule has 19 heavy (non-hydrogen) atoms. The average Bonchev–Trinajstić information content (AvgIpc) is 2.47. The summed E-state index contributed by atoms with van der Waals surface area (Å²) in [6.07, 6.45) is 6.34. The molecule has 2 fully saturated rings. The first-order valence-corrected chi connectivity index (χ1v) is 7.58. The summed E-state index contributed by atoms with van der Waals surface area (Å²) < 4.78 is 0. The Balaban J connectivity index is 2.21. The molecule has 1 saturated heterocycles. The van der Waals surface area contributed by atoms with Crippen molar-refractivity contribution in [1.29, 1.82) is 0 Å².